The Morgan fingerprint density at radius 2 is 2.18 bits per heavy atom. The van der Waals surface area contributed by atoms with Crippen LogP contribution in [0.3, 0.4) is 0 Å². The summed E-state index contributed by atoms with van der Waals surface area (Å²) in [7, 11) is 0. The van der Waals surface area contributed by atoms with Gasteiger partial charge >= 0.3 is 0 Å². The van der Waals surface area contributed by atoms with Crippen LogP contribution in [0.15, 0.2) is 34.8 Å². The van der Waals surface area contributed by atoms with Crippen LogP contribution < -0.4 is 11.1 Å². The fourth-order valence-electron chi connectivity index (χ4n) is 2.52. The molecule has 22 heavy (non-hydrogen) atoms. The first-order valence-corrected chi connectivity index (χ1v) is 7.77. The number of nitrogens with one attached hydrogen (secondary N) is 1. The highest BCUT2D eigenvalue weighted by atomic mass is 79.9. The number of aromatic nitrogens is 1. The van der Waals surface area contributed by atoms with Crippen molar-refractivity contribution in [2.45, 2.75) is 6.10 Å². The van der Waals surface area contributed by atoms with Crippen LogP contribution in [0, 0.1) is 11.3 Å². The summed E-state index contributed by atoms with van der Waals surface area (Å²) in [5.74, 6) is 0.236. The molecule has 1 unspecified atom stereocenters. The van der Waals surface area contributed by atoms with Crippen LogP contribution >= 0.6 is 15.9 Å². The summed E-state index contributed by atoms with van der Waals surface area (Å²) in [5.41, 5.74) is 8.82. The maximum absolute atomic E-state index is 9.42. The Bertz CT molecular complexity index is 735. The van der Waals surface area contributed by atoms with E-state index in [0.717, 1.165) is 27.8 Å². The highest BCUT2D eigenvalue weighted by molar-refractivity contribution is 9.10. The number of hydrogen-bond acceptors (Lipinski definition) is 5. The molecule has 1 aliphatic rings. The molecule has 0 radical (unpaired) electrons. The summed E-state index contributed by atoms with van der Waals surface area (Å²) >= 11 is 3.53. The van der Waals surface area contributed by atoms with Crippen molar-refractivity contribution in [1.82, 2.24) is 10.3 Å². The molecule has 1 aliphatic heterocycles. The van der Waals surface area contributed by atoms with Crippen molar-refractivity contribution in [1.29, 1.82) is 5.26 Å². The lowest BCUT2D eigenvalue weighted by Crippen LogP contribution is -2.33. The number of ether oxygens (including phenoxy) is 1. The largest absolute Gasteiger partial charge is 0.383 e. The first-order chi connectivity index (χ1) is 10.7. The van der Waals surface area contributed by atoms with Gasteiger partial charge in [0.1, 0.15) is 23.6 Å². The van der Waals surface area contributed by atoms with Crippen molar-refractivity contribution in [3.8, 4) is 17.2 Å². The molecule has 0 spiro atoms. The third-order valence-electron chi connectivity index (χ3n) is 3.60. The van der Waals surface area contributed by atoms with E-state index in [0.29, 0.717) is 18.7 Å². The van der Waals surface area contributed by atoms with Gasteiger partial charge in [0.05, 0.1) is 12.3 Å². The van der Waals surface area contributed by atoms with Crippen LogP contribution in [0.5, 0.6) is 0 Å². The number of hydrogen-bond donors (Lipinski definition) is 2. The van der Waals surface area contributed by atoms with Crippen molar-refractivity contribution in [3.05, 3.63) is 46.1 Å². The third-order valence-corrected chi connectivity index (χ3v) is 4.29. The number of morpholine rings is 1. The number of nitrogen functional groups attached to an aromatic ring is 1. The maximum Gasteiger partial charge on any atom is 0.142 e. The second kappa shape index (κ2) is 6.44. The van der Waals surface area contributed by atoms with Crippen molar-refractivity contribution < 1.29 is 4.74 Å². The molecule has 5 nitrogen and oxygen atoms in total. The molecule has 1 aromatic carbocycles. The molecule has 2 heterocycles. The lowest BCUT2D eigenvalue weighted by molar-refractivity contribution is 0.0251. The van der Waals surface area contributed by atoms with Crippen LogP contribution in [0.4, 0.5) is 5.82 Å². The molecule has 0 aliphatic carbocycles. The van der Waals surface area contributed by atoms with E-state index in [1.807, 2.05) is 30.3 Å². The van der Waals surface area contributed by atoms with Gasteiger partial charge < -0.3 is 15.8 Å². The highest BCUT2D eigenvalue weighted by Crippen LogP contribution is 2.34. The zero-order valence-corrected chi connectivity index (χ0v) is 13.4. The van der Waals surface area contributed by atoms with Gasteiger partial charge in [0.15, 0.2) is 0 Å². The van der Waals surface area contributed by atoms with Crippen LogP contribution in [0.2, 0.25) is 0 Å². The minimum absolute atomic E-state index is 0.148. The Balaban J connectivity index is 2.13. The van der Waals surface area contributed by atoms with Gasteiger partial charge in [-0.05, 0) is 17.7 Å². The minimum Gasteiger partial charge on any atom is -0.383 e. The van der Waals surface area contributed by atoms with Gasteiger partial charge in [0.2, 0.25) is 0 Å². The van der Waals surface area contributed by atoms with E-state index in [1.165, 1.54) is 0 Å². The zero-order chi connectivity index (χ0) is 15.5. The molecule has 6 heteroatoms. The van der Waals surface area contributed by atoms with Crippen molar-refractivity contribution in [3.63, 3.8) is 0 Å². The van der Waals surface area contributed by atoms with Crippen LogP contribution in [-0.4, -0.2) is 24.7 Å². The average Bonchev–Trinajstić information content (AvgIpc) is 2.55. The van der Waals surface area contributed by atoms with Crippen LogP contribution in [-0.2, 0) is 4.74 Å². The predicted octanol–water partition coefficient (Wildman–Crippen LogP) is 2.63. The molecule has 3 rings (SSSR count). The normalized spacial score (nSPS) is 17.9. The fraction of sp³-hybridized carbons (Fsp3) is 0.250. The molecule has 3 N–H and O–H groups in total. The van der Waals surface area contributed by atoms with Crippen molar-refractivity contribution in [2.24, 2.45) is 0 Å². The van der Waals surface area contributed by atoms with Crippen molar-refractivity contribution in [2.75, 3.05) is 25.4 Å². The van der Waals surface area contributed by atoms with Crippen LogP contribution in [0.1, 0.15) is 17.4 Å². The predicted molar refractivity (Wildman–Crippen MR) is 88.1 cm³/mol. The van der Waals surface area contributed by atoms with E-state index in [9.17, 15) is 5.26 Å². The number of pyridine rings is 1. The van der Waals surface area contributed by atoms with Gasteiger partial charge in [-0.25, -0.2) is 4.98 Å². The Kier molecular flexibility index (Phi) is 4.39. The quantitative estimate of drug-likeness (QED) is 0.861. The summed E-state index contributed by atoms with van der Waals surface area (Å²) in [5, 5.41) is 12.7. The molecule has 0 saturated carbocycles. The number of nitrogens with zero attached hydrogens (tertiary/aromatic N) is 2. The number of rotatable bonds is 2. The number of benzene rings is 1. The molecule has 2 aromatic rings. The number of nitrogens with two attached hydrogens (primary N) is 1. The standard InChI is InChI=1S/C16H15BrN4O/c17-13-4-2-1-3-10(13)11-7-14(15-9-20-5-6-22-15)21-16(19)12(11)8-18/h1-4,7,15,20H,5-6,9H2,(H2,19,21). The second-order valence-corrected chi connectivity index (χ2v) is 5.86. The molecule has 1 fully saturated rings. The molecule has 1 atom stereocenters. The summed E-state index contributed by atoms with van der Waals surface area (Å²) < 4.78 is 6.65. The molecule has 1 saturated heterocycles. The van der Waals surface area contributed by atoms with E-state index >= 15 is 0 Å². The van der Waals surface area contributed by atoms with Crippen LogP contribution in [0.25, 0.3) is 11.1 Å². The van der Waals surface area contributed by atoms with E-state index in [4.69, 9.17) is 10.5 Å². The highest BCUT2D eigenvalue weighted by Gasteiger charge is 2.21. The summed E-state index contributed by atoms with van der Waals surface area (Å²) in [4.78, 5) is 4.36. The molecule has 0 bridgehead atoms. The SMILES string of the molecule is N#Cc1c(-c2ccccc2Br)cc(C2CNCCO2)nc1N. The number of anilines is 1. The van der Waals surface area contributed by atoms with E-state index in [1.54, 1.807) is 0 Å². The van der Waals surface area contributed by atoms with E-state index < -0.39 is 0 Å². The van der Waals surface area contributed by atoms with Gasteiger partial charge in [-0.1, -0.05) is 34.1 Å². The molecular weight excluding hydrogens is 344 g/mol. The summed E-state index contributed by atoms with van der Waals surface area (Å²) in [6.45, 7) is 2.16. The fourth-order valence-corrected chi connectivity index (χ4v) is 3.01. The number of nitriles is 1. The number of halogens is 1. The smallest absolute Gasteiger partial charge is 0.142 e. The maximum atomic E-state index is 9.42. The Hall–Kier alpha value is -1.94. The first kappa shape index (κ1) is 15.0. The summed E-state index contributed by atoms with van der Waals surface area (Å²) in [6, 6.07) is 11.8. The van der Waals surface area contributed by atoms with Gasteiger partial charge in [-0.15, -0.1) is 0 Å². The van der Waals surface area contributed by atoms with E-state index in [-0.39, 0.29) is 11.9 Å². The zero-order valence-electron chi connectivity index (χ0n) is 11.8. The monoisotopic (exact) mass is 358 g/mol. The summed E-state index contributed by atoms with van der Waals surface area (Å²) in [6.07, 6.45) is -0.148. The Morgan fingerprint density at radius 3 is 2.86 bits per heavy atom. The third kappa shape index (κ3) is 2.83. The first-order valence-electron chi connectivity index (χ1n) is 6.98. The molecule has 1 aromatic heterocycles. The Morgan fingerprint density at radius 1 is 1.36 bits per heavy atom. The average molecular weight is 359 g/mol. The second-order valence-electron chi connectivity index (χ2n) is 5.01. The van der Waals surface area contributed by atoms with Crippen molar-refractivity contribution >= 4 is 21.7 Å². The van der Waals surface area contributed by atoms with Gasteiger partial charge in [0, 0.05) is 23.1 Å². The lowest BCUT2D eigenvalue weighted by Gasteiger charge is -2.24. The van der Waals surface area contributed by atoms with Gasteiger partial charge in [-0.3, -0.25) is 0 Å². The van der Waals surface area contributed by atoms with E-state index in [2.05, 4.69) is 32.3 Å². The topological polar surface area (TPSA) is 84.0 Å². The Labute approximate surface area is 137 Å². The molecule has 0 amide bonds. The minimum atomic E-state index is -0.148. The lowest BCUT2D eigenvalue weighted by atomic mass is 9.99. The van der Waals surface area contributed by atoms with Gasteiger partial charge in [0.25, 0.3) is 0 Å². The molecule has 112 valence electrons. The molecular formula is C16H15BrN4O. The van der Waals surface area contributed by atoms with Gasteiger partial charge in [-0.2, -0.15) is 5.26 Å².